The number of para-hydroxylation sites is 1. The van der Waals surface area contributed by atoms with E-state index in [1.165, 1.54) is 18.4 Å². The number of carbonyl (C=O) groups excluding carboxylic acids is 1. The molecule has 4 aromatic rings. The van der Waals surface area contributed by atoms with Crippen molar-refractivity contribution in [1.82, 2.24) is 4.57 Å². The highest BCUT2D eigenvalue weighted by Crippen LogP contribution is 2.31. The molecule has 0 aliphatic carbocycles. The zero-order valence-electron chi connectivity index (χ0n) is 23.0. The molecule has 1 atom stereocenters. The summed E-state index contributed by atoms with van der Waals surface area (Å²) in [5.41, 5.74) is 4.09. The van der Waals surface area contributed by atoms with Crippen molar-refractivity contribution < 1.29 is 14.3 Å². The Morgan fingerprint density at radius 3 is 2.51 bits per heavy atom. The molecule has 210 valence electrons. The Morgan fingerprint density at radius 1 is 1.10 bits per heavy atom. The summed E-state index contributed by atoms with van der Waals surface area (Å²) >= 11 is 13.6. The minimum absolute atomic E-state index is 0.232. The Morgan fingerprint density at radius 2 is 1.83 bits per heavy atom. The maximum atomic E-state index is 13.9. The fourth-order valence-electron chi connectivity index (χ4n) is 4.74. The molecule has 0 N–H and O–H groups in total. The van der Waals surface area contributed by atoms with Crippen LogP contribution in [0.4, 0.5) is 0 Å². The fourth-order valence-corrected chi connectivity index (χ4v) is 6.24. The van der Waals surface area contributed by atoms with Crippen LogP contribution >= 0.6 is 34.5 Å². The van der Waals surface area contributed by atoms with E-state index in [0.29, 0.717) is 42.3 Å². The molecule has 1 aliphatic heterocycles. The number of rotatable bonds is 7. The van der Waals surface area contributed by atoms with Crippen molar-refractivity contribution in [3.05, 3.63) is 130 Å². The van der Waals surface area contributed by atoms with Crippen LogP contribution in [0.2, 0.25) is 10.0 Å². The van der Waals surface area contributed by atoms with E-state index in [-0.39, 0.29) is 12.2 Å². The minimum atomic E-state index is -0.666. The minimum Gasteiger partial charge on any atom is -0.488 e. The van der Waals surface area contributed by atoms with E-state index < -0.39 is 12.0 Å². The molecule has 5 rings (SSSR count). The first kappa shape index (κ1) is 28.9. The molecule has 0 radical (unpaired) electrons. The Kier molecular flexibility index (Phi) is 8.50. The number of nitrogens with zero attached hydrogens (tertiary/aromatic N) is 2. The Hall–Kier alpha value is -3.65. The van der Waals surface area contributed by atoms with Crippen molar-refractivity contribution >= 4 is 46.6 Å². The highest BCUT2D eigenvalue weighted by molar-refractivity contribution is 7.07. The summed E-state index contributed by atoms with van der Waals surface area (Å²) in [6.45, 7) is 6.24. The summed E-state index contributed by atoms with van der Waals surface area (Å²) < 4.78 is 13.3. The van der Waals surface area contributed by atoms with Gasteiger partial charge in [-0.05, 0) is 48.2 Å². The molecule has 0 saturated carbocycles. The second-order valence-corrected chi connectivity index (χ2v) is 11.8. The number of benzene rings is 3. The largest absolute Gasteiger partial charge is 0.488 e. The van der Waals surface area contributed by atoms with Crippen LogP contribution in [0, 0.1) is 0 Å². The van der Waals surface area contributed by atoms with Gasteiger partial charge in [-0.25, -0.2) is 9.79 Å². The van der Waals surface area contributed by atoms with Crippen molar-refractivity contribution in [2.75, 3.05) is 7.11 Å². The maximum absolute atomic E-state index is 13.9. The lowest BCUT2D eigenvalue weighted by molar-refractivity contribution is -0.136. The van der Waals surface area contributed by atoms with Gasteiger partial charge in [0, 0.05) is 21.2 Å². The Balaban J connectivity index is 1.59. The number of methoxy groups -OCH3 is 1. The lowest BCUT2D eigenvalue weighted by Gasteiger charge is -2.24. The van der Waals surface area contributed by atoms with E-state index >= 15 is 0 Å². The molecule has 0 saturated heterocycles. The first-order chi connectivity index (χ1) is 19.7. The summed E-state index contributed by atoms with van der Waals surface area (Å²) in [6.07, 6.45) is 1.79. The molecule has 6 nitrogen and oxygen atoms in total. The SMILES string of the molecule is COC(=O)C1=C(C)N=c2s/c(=C/c3ccccc3OCc3ccc(Cl)cc3Cl)c(=O)n2C1c1ccc(C(C)C)cc1. The van der Waals surface area contributed by atoms with Crippen molar-refractivity contribution in [2.45, 2.75) is 39.3 Å². The van der Waals surface area contributed by atoms with E-state index in [2.05, 4.69) is 18.8 Å². The summed E-state index contributed by atoms with van der Waals surface area (Å²) in [5.74, 6) is 0.427. The van der Waals surface area contributed by atoms with Gasteiger partial charge in [0.25, 0.3) is 5.56 Å². The number of halogens is 2. The molecule has 2 heterocycles. The van der Waals surface area contributed by atoms with E-state index in [1.807, 2.05) is 54.6 Å². The lowest BCUT2D eigenvalue weighted by Crippen LogP contribution is -2.39. The lowest BCUT2D eigenvalue weighted by atomic mass is 9.93. The number of aromatic nitrogens is 1. The van der Waals surface area contributed by atoms with E-state index in [0.717, 1.165) is 22.3 Å². The topological polar surface area (TPSA) is 69.9 Å². The van der Waals surface area contributed by atoms with Crippen molar-refractivity contribution in [3.8, 4) is 5.75 Å². The van der Waals surface area contributed by atoms with E-state index in [4.69, 9.17) is 32.7 Å². The molecular weight excluding hydrogens is 579 g/mol. The summed E-state index contributed by atoms with van der Waals surface area (Å²) in [5, 5.41) is 1.07. The molecule has 0 amide bonds. The molecule has 0 spiro atoms. The average molecular weight is 608 g/mol. The van der Waals surface area contributed by atoms with Gasteiger partial charge in [0.1, 0.15) is 12.4 Å². The van der Waals surface area contributed by atoms with Gasteiger partial charge in [-0.15, -0.1) is 0 Å². The highest BCUT2D eigenvalue weighted by atomic mass is 35.5. The number of hydrogen-bond donors (Lipinski definition) is 0. The molecule has 3 aromatic carbocycles. The van der Waals surface area contributed by atoms with Gasteiger partial charge < -0.3 is 9.47 Å². The zero-order chi connectivity index (χ0) is 29.3. The van der Waals surface area contributed by atoms with Gasteiger partial charge in [-0.1, -0.05) is 96.9 Å². The van der Waals surface area contributed by atoms with Gasteiger partial charge in [0.2, 0.25) is 0 Å². The van der Waals surface area contributed by atoms with Crippen molar-refractivity contribution in [3.63, 3.8) is 0 Å². The summed E-state index contributed by atoms with van der Waals surface area (Å²) in [7, 11) is 1.33. The van der Waals surface area contributed by atoms with Crippen LogP contribution in [-0.4, -0.2) is 17.6 Å². The van der Waals surface area contributed by atoms with Gasteiger partial charge >= 0.3 is 5.97 Å². The smallest absolute Gasteiger partial charge is 0.338 e. The third-order valence-corrected chi connectivity index (χ3v) is 8.52. The number of ether oxygens (including phenoxy) is 2. The van der Waals surface area contributed by atoms with E-state index in [1.54, 1.807) is 29.7 Å². The van der Waals surface area contributed by atoms with Gasteiger partial charge in [0.15, 0.2) is 4.80 Å². The van der Waals surface area contributed by atoms with Crippen LogP contribution < -0.4 is 19.6 Å². The van der Waals surface area contributed by atoms with Gasteiger partial charge in [0.05, 0.1) is 29.0 Å². The monoisotopic (exact) mass is 606 g/mol. The molecule has 1 aliphatic rings. The number of fused-ring (bicyclic) bond motifs is 1. The van der Waals surface area contributed by atoms with Crippen LogP contribution in [0.15, 0.2) is 87.8 Å². The second kappa shape index (κ2) is 12.1. The Labute approximate surface area is 251 Å². The predicted octanol–water partition coefficient (Wildman–Crippen LogP) is 6.42. The third-order valence-electron chi connectivity index (χ3n) is 6.95. The first-order valence-electron chi connectivity index (χ1n) is 13.0. The standard InChI is InChI=1S/C32H28Cl2N2O4S/c1-18(2)20-9-11-21(12-10-20)29-28(31(38)39-4)19(3)35-32-36(29)30(37)27(41-32)15-22-7-5-6-8-26(22)40-17-23-13-14-24(33)16-25(23)34/h5-16,18,29H,17H2,1-4H3/b27-15+. The summed E-state index contributed by atoms with van der Waals surface area (Å²) in [6, 6.07) is 20.0. The number of carbonyl (C=O) groups is 1. The number of thiazole rings is 1. The third kappa shape index (κ3) is 5.89. The van der Waals surface area contributed by atoms with Crippen molar-refractivity contribution in [1.29, 1.82) is 0 Å². The van der Waals surface area contributed by atoms with Gasteiger partial charge in [-0.2, -0.15) is 0 Å². The summed E-state index contributed by atoms with van der Waals surface area (Å²) in [4.78, 5) is 32.0. The molecule has 1 unspecified atom stereocenters. The van der Waals surface area contributed by atoms with Crippen LogP contribution in [0.3, 0.4) is 0 Å². The van der Waals surface area contributed by atoms with Crippen LogP contribution in [0.5, 0.6) is 5.75 Å². The van der Waals surface area contributed by atoms with Crippen LogP contribution in [0.1, 0.15) is 55.0 Å². The number of hydrogen-bond acceptors (Lipinski definition) is 6. The highest BCUT2D eigenvalue weighted by Gasteiger charge is 2.33. The number of allylic oxidation sites excluding steroid dienone is 1. The van der Waals surface area contributed by atoms with Crippen LogP contribution in [0.25, 0.3) is 6.08 Å². The van der Waals surface area contributed by atoms with Crippen molar-refractivity contribution in [2.24, 2.45) is 4.99 Å². The van der Waals surface area contributed by atoms with Gasteiger partial charge in [-0.3, -0.25) is 9.36 Å². The molecule has 0 fully saturated rings. The Bertz CT molecular complexity index is 1840. The first-order valence-corrected chi connectivity index (χ1v) is 14.6. The molecule has 1 aromatic heterocycles. The fraction of sp³-hybridized carbons (Fsp3) is 0.219. The molecule has 41 heavy (non-hydrogen) atoms. The maximum Gasteiger partial charge on any atom is 0.338 e. The van der Waals surface area contributed by atoms with Crippen LogP contribution in [-0.2, 0) is 16.1 Å². The normalized spacial score (nSPS) is 15.1. The van der Waals surface area contributed by atoms with E-state index in [9.17, 15) is 9.59 Å². The zero-order valence-corrected chi connectivity index (χ0v) is 25.3. The second-order valence-electron chi connectivity index (χ2n) is 9.96. The molecular formula is C32H28Cl2N2O4S. The molecule has 9 heteroatoms. The quantitative estimate of drug-likeness (QED) is 0.228. The number of esters is 1. The predicted molar refractivity (Wildman–Crippen MR) is 164 cm³/mol. The average Bonchev–Trinajstić information content (AvgIpc) is 3.26. The molecule has 0 bridgehead atoms.